The van der Waals surface area contributed by atoms with E-state index >= 15 is 0 Å². The van der Waals surface area contributed by atoms with E-state index in [4.69, 9.17) is 0 Å². The van der Waals surface area contributed by atoms with Gasteiger partial charge in [0, 0.05) is 0 Å². The first-order valence-electron chi connectivity index (χ1n) is 15.1. The number of rotatable bonds is 23. The van der Waals surface area contributed by atoms with Crippen molar-refractivity contribution >= 4 is 18.4 Å². The van der Waals surface area contributed by atoms with Gasteiger partial charge in [0.1, 0.15) is 0 Å². The number of hydrogen-bond acceptors (Lipinski definition) is 1. The summed E-state index contributed by atoms with van der Waals surface area (Å²) in [5, 5.41) is 3.90. The Labute approximate surface area is 218 Å². The van der Waals surface area contributed by atoms with Crippen LogP contribution in [0.4, 0.5) is 0 Å². The minimum atomic E-state index is -2.06. The molecule has 0 bridgehead atoms. The molecule has 1 aromatic rings. The topological polar surface area (TPSA) is 12.0 Å². The Hall–Kier alpha value is -0.281. The van der Waals surface area contributed by atoms with Crippen molar-refractivity contribution in [2.24, 2.45) is 0 Å². The molecule has 0 fully saturated rings. The molecule has 0 aliphatic rings. The molecule has 1 unspecified atom stereocenters. The molecule has 0 radical (unpaired) electrons. The zero-order valence-electron chi connectivity index (χ0n) is 23.6. The molecule has 0 heterocycles. The van der Waals surface area contributed by atoms with Crippen molar-refractivity contribution in [2.75, 3.05) is 0 Å². The van der Waals surface area contributed by atoms with Gasteiger partial charge >= 0.3 is 213 Å². The summed E-state index contributed by atoms with van der Waals surface area (Å²) < 4.78 is 6.34. The number of nitrogens with one attached hydrogen (secondary N) is 1. The molecule has 0 aliphatic carbocycles. The molecule has 0 spiro atoms. The molecule has 1 rings (SSSR count). The van der Waals surface area contributed by atoms with Crippen molar-refractivity contribution in [1.82, 2.24) is 5.32 Å². The van der Waals surface area contributed by atoms with E-state index in [-0.39, 0.29) is 0 Å². The summed E-state index contributed by atoms with van der Waals surface area (Å²) in [6, 6.07) is 11.5. The number of hydrogen-bond donors (Lipinski definition) is 1. The van der Waals surface area contributed by atoms with Crippen LogP contribution in [-0.2, 0) is 6.54 Å². The van der Waals surface area contributed by atoms with Crippen LogP contribution in [0, 0.1) is 0 Å². The van der Waals surface area contributed by atoms with Crippen LogP contribution in [0.25, 0.3) is 0 Å². The fraction of sp³-hybridized carbons (Fsp3) is 0.750. The van der Waals surface area contributed by atoms with Crippen LogP contribution in [0.3, 0.4) is 0 Å². The molecule has 0 aliphatic heterocycles. The van der Waals surface area contributed by atoms with Gasteiger partial charge in [-0.25, -0.2) is 0 Å². The van der Waals surface area contributed by atoms with E-state index in [0.29, 0.717) is 6.04 Å². The van der Waals surface area contributed by atoms with Gasteiger partial charge in [0.25, 0.3) is 0 Å². The Balaban J connectivity index is 2.72. The second kappa shape index (κ2) is 22.0. The molecule has 1 nitrogen and oxygen atoms in total. The Kier molecular flexibility index (Phi) is 20.5. The molecule has 0 amide bonds. The van der Waals surface area contributed by atoms with Crippen molar-refractivity contribution < 1.29 is 0 Å². The zero-order chi connectivity index (χ0) is 24.7. The van der Waals surface area contributed by atoms with Gasteiger partial charge in [-0.05, 0) is 0 Å². The first-order chi connectivity index (χ1) is 16.7. The molecule has 1 aromatic carbocycles. The Morgan fingerprint density at radius 1 is 0.676 bits per heavy atom. The summed E-state index contributed by atoms with van der Waals surface area (Å²) in [6.45, 7) is 10.5. The van der Waals surface area contributed by atoms with Gasteiger partial charge < -0.3 is 0 Å². The number of allylic oxidation sites excluding steroid dienone is 1. The fourth-order valence-corrected chi connectivity index (χ4v) is 20.4. The van der Waals surface area contributed by atoms with E-state index in [1.54, 1.807) is 13.3 Å². The van der Waals surface area contributed by atoms with Gasteiger partial charge in [0.15, 0.2) is 0 Å². The van der Waals surface area contributed by atoms with Gasteiger partial charge in [0.05, 0.1) is 0 Å². The molecular formula is C32H59NSn. The predicted octanol–water partition coefficient (Wildman–Crippen LogP) is 10.7. The van der Waals surface area contributed by atoms with Crippen LogP contribution in [0.2, 0.25) is 17.7 Å². The van der Waals surface area contributed by atoms with Crippen molar-refractivity contribution in [3.8, 4) is 0 Å². The van der Waals surface area contributed by atoms with Gasteiger partial charge in [0.2, 0.25) is 0 Å². The summed E-state index contributed by atoms with van der Waals surface area (Å²) >= 11 is -2.06. The Bertz CT molecular complexity index is 560. The average Bonchev–Trinajstić information content (AvgIpc) is 2.87. The monoisotopic (exact) mass is 577 g/mol. The third-order valence-electron chi connectivity index (χ3n) is 7.63. The van der Waals surface area contributed by atoms with Crippen molar-refractivity contribution in [3.63, 3.8) is 0 Å². The molecule has 196 valence electrons. The quantitative estimate of drug-likeness (QED) is 0.0776. The van der Waals surface area contributed by atoms with Gasteiger partial charge in [-0.1, -0.05) is 6.92 Å². The van der Waals surface area contributed by atoms with Crippen LogP contribution in [0.15, 0.2) is 42.5 Å². The van der Waals surface area contributed by atoms with Gasteiger partial charge in [-0.3, -0.25) is 0 Å². The molecule has 0 aromatic heterocycles. The third kappa shape index (κ3) is 15.7. The Morgan fingerprint density at radius 3 is 1.76 bits per heavy atom. The zero-order valence-corrected chi connectivity index (χ0v) is 26.4. The SMILES string of the molecule is CCCCCCCCCC(/C=C/[CH2][Sn]([CH2]CCC)([CH2]CCC)[CH2]CCC)NCc1ccccc1. The Morgan fingerprint density at radius 2 is 1.21 bits per heavy atom. The summed E-state index contributed by atoms with van der Waals surface area (Å²) in [5.74, 6) is 0. The summed E-state index contributed by atoms with van der Waals surface area (Å²) in [7, 11) is 0. The average molecular weight is 577 g/mol. The number of unbranched alkanes of at least 4 members (excludes halogenated alkanes) is 9. The van der Waals surface area contributed by atoms with Crippen molar-refractivity contribution in [2.45, 2.75) is 148 Å². The van der Waals surface area contributed by atoms with Crippen LogP contribution in [-0.4, -0.2) is 24.4 Å². The standard InChI is InChI=1S/C20H32N.3C4H9.Sn/c1-3-5-6-7-8-9-13-17-20(14-4-2)21-18-19-15-11-10-12-16-19;3*1-3-4-2;/h4,10-12,14-16,20-21H,2-3,5-9,13,17-18H2,1H3;3*1,3-4H2,2H3;/b14-4+;;;;. The minimum absolute atomic E-state index is 0.531. The summed E-state index contributed by atoms with van der Waals surface area (Å²) in [6.07, 6.45) is 24.9. The van der Waals surface area contributed by atoms with E-state index in [0.717, 1.165) is 6.54 Å². The van der Waals surface area contributed by atoms with Crippen molar-refractivity contribution in [3.05, 3.63) is 48.0 Å². The first-order valence-corrected chi connectivity index (χ1v) is 23.2. The van der Waals surface area contributed by atoms with Crippen LogP contribution < -0.4 is 5.32 Å². The summed E-state index contributed by atoms with van der Waals surface area (Å²) in [5.41, 5.74) is 1.41. The molecule has 0 saturated carbocycles. The molecule has 34 heavy (non-hydrogen) atoms. The maximum atomic E-state index is 3.90. The number of benzene rings is 1. The second-order valence-corrected chi connectivity index (χ2v) is 24.8. The third-order valence-corrected chi connectivity index (χ3v) is 22.9. The molecule has 1 atom stereocenters. The summed E-state index contributed by atoms with van der Waals surface area (Å²) in [4.78, 5) is 0. The van der Waals surface area contributed by atoms with E-state index in [9.17, 15) is 0 Å². The molecule has 0 saturated heterocycles. The van der Waals surface area contributed by atoms with E-state index < -0.39 is 18.4 Å². The van der Waals surface area contributed by atoms with Gasteiger partial charge in [-0.2, -0.15) is 0 Å². The van der Waals surface area contributed by atoms with E-state index in [1.165, 1.54) is 99.9 Å². The molecular weight excluding hydrogens is 517 g/mol. The van der Waals surface area contributed by atoms with Crippen LogP contribution in [0.5, 0.6) is 0 Å². The van der Waals surface area contributed by atoms with Crippen molar-refractivity contribution in [1.29, 1.82) is 0 Å². The fourth-order valence-electron chi connectivity index (χ4n) is 5.25. The molecule has 2 heteroatoms. The van der Waals surface area contributed by atoms with E-state index in [2.05, 4.69) is 75.5 Å². The van der Waals surface area contributed by atoms with Gasteiger partial charge in [-0.15, -0.1) is 0 Å². The molecule has 1 N–H and O–H groups in total. The predicted molar refractivity (Wildman–Crippen MR) is 159 cm³/mol. The maximum absolute atomic E-state index is 3.90. The van der Waals surface area contributed by atoms with E-state index in [1.807, 2.05) is 0 Å². The first kappa shape index (κ1) is 31.7. The van der Waals surface area contributed by atoms with Crippen LogP contribution in [0.1, 0.15) is 123 Å². The normalized spacial score (nSPS) is 13.1. The van der Waals surface area contributed by atoms with Crippen LogP contribution >= 0.6 is 0 Å². The second-order valence-electron chi connectivity index (χ2n) is 10.8.